The van der Waals surface area contributed by atoms with Gasteiger partial charge in [0.05, 0.1) is 23.6 Å². The van der Waals surface area contributed by atoms with Crippen molar-refractivity contribution in [2.75, 3.05) is 9.80 Å². The third-order valence-electron chi connectivity index (χ3n) is 6.97. The number of nitrogens with zero attached hydrogens (tertiary/aromatic N) is 2. The minimum Gasteiger partial charge on any atom is -0.352 e. The van der Waals surface area contributed by atoms with Crippen molar-refractivity contribution in [1.29, 1.82) is 0 Å². The molecular formula is C27H16BrCl3N2O3. The van der Waals surface area contributed by atoms with E-state index < -0.39 is 29.8 Å². The number of hydrogen-bond acceptors (Lipinski definition) is 4. The van der Waals surface area contributed by atoms with Gasteiger partial charge in [0, 0.05) is 30.8 Å². The Morgan fingerprint density at radius 3 is 2.17 bits per heavy atom. The van der Waals surface area contributed by atoms with Crippen LogP contribution >= 0.6 is 50.7 Å². The Hall–Kier alpha value is -2.64. The first-order valence-corrected chi connectivity index (χ1v) is 13.1. The van der Waals surface area contributed by atoms with Gasteiger partial charge in [0.25, 0.3) is 0 Å². The molecule has 3 heterocycles. The van der Waals surface area contributed by atoms with Gasteiger partial charge >= 0.3 is 0 Å². The summed E-state index contributed by atoms with van der Waals surface area (Å²) in [6.45, 7) is 0. The number of carbonyl (C=O) groups is 3. The molecular weight excluding hydrogens is 587 g/mol. The van der Waals surface area contributed by atoms with Crippen LogP contribution in [0.2, 0.25) is 15.1 Å². The summed E-state index contributed by atoms with van der Waals surface area (Å²) in [5, 5.41) is 1.11. The Kier molecular flexibility index (Phi) is 5.76. The Morgan fingerprint density at radius 1 is 0.806 bits per heavy atom. The maximum Gasteiger partial charge on any atom is 0.240 e. The highest BCUT2D eigenvalue weighted by molar-refractivity contribution is 9.10. The molecule has 3 aliphatic rings. The lowest BCUT2D eigenvalue weighted by atomic mass is 9.86. The van der Waals surface area contributed by atoms with Gasteiger partial charge in [-0.15, -0.1) is 0 Å². The van der Waals surface area contributed by atoms with Crippen LogP contribution in [0.15, 0.2) is 71.2 Å². The lowest BCUT2D eigenvalue weighted by Gasteiger charge is -2.36. The molecule has 36 heavy (non-hydrogen) atoms. The number of hydrogen-bond donors (Lipinski definition) is 0. The van der Waals surface area contributed by atoms with E-state index in [1.807, 2.05) is 23.1 Å². The highest BCUT2D eigenvalue weighted by Gasteiger charge is 2.64. The van der Waals surface area contributed by atoms with E-state index in [0.29, 0.717) is 26.3 Å². The van der Waals surface area contributed by atoms with Crippen molar-refractivity contribution < 1.29 is 14.4 Å². The molecule has 3 aromatic carbocycles. The number of Topliss-reactive ketones (excluding diaryl/α,β-unsaturated/α-hetero) is 1. The summed E-state index contributed by atoms with van der Waals surface area (Å²) in [4.78, 5) is 44.8. The summed E-state index contributed by atoms with van der Waals surface area (Å²) in [7, 11) is 0. The van der Waals surface area contributed by atoms with Crippen LogP contribution in [0.4, 0.5) is 11.4 Å². The van der Waals surface area contributed by atoms with E-state index in [2.05, 4.69) is 15.9 Å². The molecule has 2 fully saturated rings. The highest BCUT2D eigenvalue weighted by Crippen LogP contribution is 2.50. The summed E-state index contributed by atoms with van der Waals surface area (Å²) in [6, 6.07) is 15.6. The van der Waals surface area contributed by atoms with Crippen LogP contribution < -0.4 is 9.80 Å². The third-order valence-corrected chi connectivity index (χ3v) is 8.17. The first-order valence-electron chi connectivity index (χ1n) is 11.1. The molecule has 4 atom stereocenters. The molecule has 9 heteroatoms. The minimum atomic E-state index is -0.903. The van der Waals surface area contributed by atoms with Gasteiger partial charge < -0.3 is 4.90 Å². The SMILES string of the molecule is O=C(c1ccc(Br)cc1)C1C2C(=O)N(c3cc(Cl)cc(Cl)c3)C(=O)C2C2C=Cc3ccc(Cl)cc3N21. The molecule has 6 rings (SSSR count). The molecule has 2 amide bonds. The number of rotatable bonds is 3. The van der Waals surface area contributed by atoms with E-state index in [9.17, 15) is 14.4 Å². The van der Waals surface area contributed by atoms with Crippen molar-refractivity contribution in [3.63, 3.8) is 0 Å². The van der Waals surface area contributed by atoms with E-state index >= 15 is 0 Å². The van der Waals surface area contributed by atoms with Gasteiger partial charge in [0.15, 0.2) is 5.78 Å². The second kappa shape index (κ2) is 8.73. The van der Waals surface area contributed by atoms with E-state index in [4.69, 9.17) is 34.8 Å². The van der Waals surface area contributed by atoms with Gasteiger partial charge in [0.2, 0.25) is 11.8 Å². The molecule has 4 unspecified atom stereocenters. The van der Waals surface area contributed by atoms with E-state index in [-0.39, 0.29) is 11.7 Å². The molecule has 0 N–H and O–H groups in total. The van der Waals surface area contributed by atoms with Gasteiger partial charge in [0.1, 0.15) is 6.04 Å². The first kappa shape index (κ1) is 23.7. The van der Waals surface area contributed by atoms with Crippen molar-refractivity contribution in [3.8, 4) is 0 Å². The minimum absolute atomic E-state index is 0.242. The molecule has 0 spiro atoms. The lowest BCUT2D eigenvalue weighted by Crippen LogP contribution is -2.48. The van der Waals surface area contributed by atoms with Crippen molar-refractivity contribution in [3.05, 3.63) is 97.4 Å². The molecule has 3 aliphatic heterocycles. The number of carbonyl (C=O) groups excluding carboxylic acids is 3. The second-order valence-corrected chi connectivity index (χ2v) is 11.2. The molecule has 3 aromatic rings. The third kappa shape index (κ3) is 3.62. The van der Waals surface area contributed by atoms with Crippen molar-refractivity contribution in [2.45, 2.75) is 12.1 Å². The van der Waals surface area contributed by atoms with E-state index in [0.717, 1.165) is 20.6 Å². The molecule has 0 radical (unpaired) electrons. The number of amides is 2. The Balaban J connectivity index is 1.51. The van der Waals surface area contributed by atoms with Gasteiger partial charge in [-0.25, -0.2) is 4.90 Å². The topological polar surface area (TPSA) is 57.7 Å². The van der Waals surface area contributed by atoms with E-state index in [1.165, 1.54) is 18.2 Å². The zero-order valence-corrected chi connectivity index (χ0v) is 22.2. The summed E-state index contributed by atoms with van der Waals surface area (Å²) in [6.07, 6.45) is 3.80. The molecule has 0 aliphatic carbocycles. The van der Waals surface area contributed by atoms with Crippen LogP contribution in [0.25, 0.3) is 6.08 Å². The largest absolute Gasteiger partial charge is 0.352 e. The summed E-state index contributed by atoms with van der Waals surface area (Å²) in [5.74, 6) is -2.74. The maximum absolute atomic E-state index is 14.0. The van der Waals surface area contributed by atoms with E-state index in [1.54, 1.807) is 36.4 Å². The zero-order valence-electron chi connectivity index (χ0n) is 18.4. The standard InChI is InChI=1S/C27H16BrCl3N2O3/c28-15-5-1-14(2-6-15)25(34)24-23-22(20-8-4-13-3-7-16(29)12-21(13)33(20)24)26(35)32(27(23)36)19-10-17(30)9-18(31)11-19/h1-12,20,22-24H. The normalized spacial score (nSPS) is 24.1. The average molecular weight is 603 g/mol. The van der Waals surface area contributed by atoms with Crippen LogP contribution in [-0.2, 0) is 9.59 Å². The Labute approximate surface area is 230 Å². The molecule has 0 bridgehead atoms. The fourth-order valence-corrected chi connectivity index (χ4v) is 6.48. The molecule has 180 valence electrons. The van der Waals surface area contributed by atoms with Crippen LogP contribution in [0.1, 0.15) is 15.9 Å². The van der Waals surface area contributed by atoms with Crippen molar-refractivity contribution >= 4 is 85.8 Å². The average Bonchev–Trinajstić information content (AvgIpc) is 3.31. The second-order valence-electron chi connectivity index (χ2n) is 8.97. The first-order chi connectivity index (χ1) is 17.2. The van der Waals surface area contributed by atoms with Crippen LogP contribution in [-0.4, -0.2) is 29.7 Å². The maximum atomic E-state index is 14.0. The van der Waals surface area contributed by atoms with Crippen LogP contribution in [0.5, 0.6) is 0 Å². The molecule has 2 saturated heterocycles. The predicted molar refractivity (Wildman–Crippen MR) is 145 cm³/mol. The van der Waals surface area contributed by atoms with Gasteiger partial charge in [-0.1, -0.05) is 81.1 Å². The number of benzene rings is 3. The monoisotopic (exact) mass is 600 g/mol. The number of anilines is 2. The molecule has 0 aromatic heterocycles. The van der Waals surface area contributed by atoms with Crippen LogP contribution in [0.3, 0.4) is 0 Å². The van der Waals surface area contributed by atoms with Crippen molar-refractivity contribution in [2.24, 2.45) is 11.8 Å². The fraction of sp³-hybridized carbons (Fsp3) is 0.148. The fourth-order valence-electron chi connectivity index (χ4n) is 5.54. The number of halogens is 4. The molecule has 5 nitrogen and oxygen atoms in total. The van der Waals surface area contributed by atoms with Gasteiger partial charge in [-0.3, -0.25) is 14.4 Å². The predicted octanol–water partition coefficient (Wildman–Crippen LogP) is 6.68. The Morgan fingerprint density at radius 2 is 1.47 bits per heavy atom. The summed E-state index contributed by atoms with van der Waals surface area (Å²) in [5.41, 5.74) is 2.33. The summed E-state index contributed by atoms with van der Waals surface area (Å²) >= 11 is 22.1. The smallest absolute Gasteiger partial charge is 0.240 e. The van der Waals surface area contributed by atoms with Gasteiger partial charge in [-0.2, -0.15) is 0 Å². The zero-order chi connectivity index (χ0) is 25.3. The Bertz CT molecular complexity index is 1470. The highest BCUT2D eigenvalue weighted by atomic mass is 79.9. The quantitative estimate of drug-likeness (QED) is 0.248. The number of imide groups is 1. The van der Waals surface area contributed by atoms with Gasteiger partial charge in [-0.05, 0) is 48.0 Å². The van der Waals surface area contributed by atoms with Crippen LogP contribution in [0, 0.1) is 11.8 Å². The van der Waals surface area contributed by atoms with Crippen molar-refractivity contribution in [1.82, 2.24) is 0 Å². The molecule has 0 saturated carbocycles. The lowest BCUT2D eigenvalue weighted by molar-refractivity contribution is -0.122. The summed E-state index contributed by atoms with van der Waals surface area (Å²) < 4.78 is 0.829. The number of ketones is 1. The number of fused-ring (bicyclic) bond motifs is 5.